The second-order valence-electron chi connectivity index (χ2n) is 4.16. The Morgan fingerprint density at radius 2 is 2.07 bits per heavy atom. The van der Waals surface area contributed by atoms with Gasteiger partial charge in [0.1, 0.15) is 0 Å². The number of nitrogens with two attached hydrogens (primary N) is 1. The summed E-state index contributed by atoms with van der Waals surface area (Å²) < 4.78 is 10.6. The molecule has 0 saturated heterocycles. The van der Waals surface area contributed by atoms with Crippen molar-refractivity contribution in [2.24, 2.45) is 5.90 Å². The summed E-state index contributed by atoms with van der Waals surface area (Å²) in [4.78, 5) is 4.77. The molecule has 0 aromatic heterocycles. The van der Waals surface area contributed by atoms with E-state index < -0.39 is 0 Å². The zero-order chi connectivity index (χ0) is 10.3. The monoisotopic (exact) mass is 207 g/mol. The molecule has 1 saturated carbocycles. The third kappa shape index (κ3) is 1.37. The van der Waals surface area contributed by atoms with Gasteiger partial charge in [-0.25, -0.2) is 5.90 Å². The Balaban J connectivity index is 1.93. The minimum atomic E-state index is 0.121. The van der Waals surface area contributed by atoms with E-state index in [0.717, 1.165) is 24.3 Å². The van der Waals surface area contributed by atoms with E-state index in [9.17, 15) is 0 Å². The van der Waals surface area contributed by atoms with Crippen LogP contribution in [0.3, 0.4) is 0 Å². The molecule has 1 aromatic rings. The molecule has 1 aromatic carbocycles. The van der Waals surface area contributed by atoms with E-state index in [1.807, 2.05) is 12.1 Å². The summed E-state index contributed by atoms with van der Waals surface area (Å²) in [6.07, 6.45) is 2.26. The highest BCUT2D eigenvalue weighted by Gasteiger charge is 2.45. The number of fused-ring (bicyclic) bond motifs is 1. The highest BCUT2D eigenvalue weighted by Crippen LogP contribution is 2.50. The van der Waals surface area contributed by atoms with E-state index in [4.69, 9.17) is 20.2 Å². The second kappa shape index (κ2) is 3.12. The molecule has 2 aliphatic rings. The smallest absolute Gasteiger partial charge is 0.231 e. The summed E-state index contributed by atoms with van der Waals surface area (Å²) in [5.41, 5.74) is 1.35. The molecule has 80 valence electrons. The zero-order valence-electron chi connectivity index (χ0n) is 8.36. The first-order valence-electron chi connectivity index (χ1n) is 5.06. The van der Waals surface area contributed by atoms with Gasteiger partial charge in [0.2, 0.25) is 6.79 Å². The zero-order valence-corrected chi connectivity index (χ0v) is 8.36. The molecule has 0 atom stereocenters. The molecule has 4 nitrogen and oxygen atoms in total. The summed E-state index contributed by atoms with van der Waals surface area (Å²) in [6.45, 7) is 0.895. The Labute approximate surface area is 87.9 Å². The Bertz CT molecular complexity index is 387. The molecule has 0 radical (unpaired) electrons. The average molecular weight is 207 g/mol. The topological polar surface area (TPSA) is 53.7 Å². The molecule has 2 N–H and O–H groups in total. The third-order valence-corrected chi connectivity index (χ3v) is 3.20. The van der Waals surface area contributed by atoms with Crippen molar-refractivity contribution in [3.05, 3.63) is 23.8 Å². The molecule has 1 heterocycles. The van der Waals surface area contributed by atoms with E-state index in [1.54, 1.807) is 0 Å². The first-order chi connectivity index (χ1) is 7.34. The lowest BCUT2D eigenvalue weighted by molar-refractivity contribution is 0.116. The lowest BCUT2D eigenvalue weighted by Crippen LogP contribution is -2.17. The molecular weight excluding hydrogens is 194 g/mol. The molecule has 0 amide bonds. The largest absolute Gasteiger partial charge is 0.454 e. The minimum Gasteiger partial charge on any atom is -0.454 e. The average Bonchev–Trinajstić information content (AvgIpc) is 2.89. The van der Waals surface area contributed by atoms with Gasteiger partial charge in [-0.15, -0.1) is 0 Å². The van der Waals surface area contributed by atoms with Crippen LogP contribution in [0.25, 0.3) is 0 Å². The van der Waals surface area contributed by atoms with E-state index >= 15 is 0 Å². The predicted octanol–water partition coefficient (Wildman–Crippen LogP) is 1.34. The fraction of sp³-hybridized carbons (Fsp3) is 0.455. The number of rotatable bonds is 3. The molecule has 1 fully saturated rings. The summed E-state index contributed by atoms with van der Waals surface area (Å²) in [7, 11) is 0. The Morgan fingerprint density at radius 3 is 2.80 bits per heavy atom. The standard InChI is InChI=1S/C11H13NO3/c12-15-6-11(3-4-11)8-1-2-9-10(5-8)14-7-13-9/h1-2,5H,3-4,6-7,12H2. The number of ether oxygens (including phenoxy) is 2. The molecule has 0 unspecified atom stereocenters. The van der Waals surface area contributed by atoms with Crippen LogP contribution >= 0.6 is 0 Å². The van der Waals surface area contributed by atoms with Crippen molar-refractivity contribution in [3.8, 4) is 11.5 Å². The molecule has 1 aliphatic heterocycles. The maximum Gasteiger partial charge on any atom is 0.231 e. The van der Waals surface area contributed by atoms with Gasteiger partial charge in [0, 0.05) is 5.41 Å². The fourth-order valence-electron chi connectivity index (χ4n) is 2.05. The van der Waals surface area contributed by atoms with Crippen molar-refractivity contribution < 1.29 is 14.3 Å². The van der Waals surface area contributed by atoms with Gasteiger partial charge in [0.25, 0.3) is 0 Å². The van der Waals surface area contributed by atoms with Gasteiger partial charge < -0.3 is 14.3 Å². The van der Waals surface area contributed by atoms with Crippen LogP contribution in [0.15, 0.2) is 18.2 Å². The number of benzene rings is 1. The van der Waals surface area contributed by atoms with Gasteiger partial charge in [0.15, 0.2) is 11.5 Å². The summed E-state index contributed by atoms with van der Waals surface area (Å²) in [5, 5.41) is 0. The molecule has 0 spiro atoms. The highest BCUT2D eigenvalue weighted by molar-refractivity contribution is 5.48. The quantitative estimate of drug-likeness (QED) is 0.760. The van der Waals surface area contributed by atoms with Crippen LogP contribution in [0.2, 0.25) is 0 Å². The van der Waals surface area contributed by atoms with Gasteiger partial charge in [-0.2, -0.15) is 0 Å². The Kier molecular flexibility index (Phi) is 1.87. The fourth-order valence-corrected chi connectivity index (χ4v) is 2.05. The van der Waals surface area contributed by atoms with Gasteiger partial charge in [-0.1, -0.05) is 6.07 Å². The molecule has 1 aliphatic carbocycles. The lowest BCUT2D eigenvalue weighted by atomic mass is 9.97. The minimum absolute atomic E-state index is 0.121. The van der Waals surface area contributed by atoms with E-state index in [1.165, 1.54) is 5.56 Å². The molecule has 4 heteroatoms. The van der Waals surface area contributed by atoms with Gasteiger partial charge in [-0.3, -0.25) is 0 Å². The normalized spacial score (nSPS) is 20.3. The number of hydrogen-bond acceptors (Lipinski definition) is 4. The van der Waals surface area contributed by atoms with Crippen molar-refractivity contribution in [1.29, 1.82) is 0 Å². The van der Waals surface area contributed by atoms with Crippen LogP contribution < -0.4 is 15.4 Å². The summed E-state index contributed by atoms with van der Waals surface area (Å²) >= 11 is 0. The van der Waals surface area contributed by atoms with Crippen molar-refractivity contribution in [2.75, 3.05) is 13.4 Å². The Morgan fingerprint density at radius 1 is 1.27 bits per heavy atom. The summed E-state index contributed by atoms with van der Waals surface area (Å²) in [6, 6.07) is 6.06. The SMILES string of the molecule is NOCC1(c2ccc3c(c2)OCO3)CC1. The van der Waals surface area contributed by atoms with Crippen LogP contribution in [-0.4, -0.2) is 13.4 Å². The van der Waals surface area contributed by atoms with Crippen molar-refractivity contribution >= 4 is 0 Å². The highest BCUT2D eigenvalue weighted by atomic mass is 16.7. The second-order valence-corrected chi connectivity index (χ2v) is 4.16. The van der Waals surface area contributed by atoms with Gasteiger partial charge >= 0.3 is 0 Å². The maximum absolute atomic E-state index is 5.35. The Hall–Kier alpha value is -1.26. The van der Waals surface area contributed by atoms with E-state index in [0.29, 0.717) is 13.4 Å². The first kappa shape index (κ1) is 9.00. The van der Waals surface area contributed by atoms with Gasteiger partial charge in [0.05, 0.1) is 6.61 Å². The van der Waals surface area contributed by atoms with E-state index in [2.05, 4.69) is 6.07 Å². The maximum atomic E-state index is 5.35. The summed E-state index contributed by atoms with van der Waals surface area (Å²) in [5.74, 6) is 6.80. The molecule has 15 heavy (non-hydrogen) atoms. The molecule has 0 bridgehead atoms. The predicted molar refractivity (Wildman–Crippen MR) is 53.6 cm³/mol. The van der Waals surface area contributed by atoms with Crippen molar-refractivity contribution in [3.63, 3.8) is 0 Å². The van der Waals surface area contributed by atoms with Crippen LogP contribution in [0.4, 0.5) is 0 Å². The van der Waals surface area contributed by atoms with Crippen LogP contribution in [0, 0.1) is 0 Å². The third-order valence-electron chi connectivity index (χ3n) is 3.20. The van der Waals surface area contributed by atoms with Crippen LogP contribution in [0.1, 0.15) is 18.4 Å². The molecule has 3 rings (SSSR count). The van der Waals surface area contributed by atoms with Gasteiger partial charge in [-0.05, 0) is 30.5 Å². The molecular formula is C11H13NO3. The van der Waals surface area contributed by atoms with Crippen molar-refractivity contribution in [1.82, 2.24) is 0 Å². The lowest BCUT2D eigenvalue weighted by Gasteiger charge is -2.14. The van der Waals surface area contributed by atoms with Crippen LogP contribution in [-0.2, 0) is 10.3 Å². The van der Waals surface area contributed by atoms with Crippen molar-refractivity contribution in [2.45, 2.75) is 18.3 Å². The first-order valence-corrected chi connectivity index (χ1v) is 5.06. The van der Waals surface area contributed by atoms with Crippen LogP contribution in [0.5, 0.6) is 11.5 Å². The number of hydrogen-bond donors (Lipinski definition) is 1. The van der Waals surface area contributed by atoms with E-state index in [-0.39, 0.29) is 5.41 Å².